The summed E-state index contributed by atoms with van der Waals surface area (Å²) in [5.74, 6) is 5.66. The Morgan fingerprint density at radius 2 is 0.904 bits per heavy atom. The molecule has 12 nitrogen and oxygen atoms in total. The average Bonchev–Trinajstić information content (AvgIpc) is 3.14. The van der Waals surface area contributed by atoms with E-state index in [1.54, 1.807) is 0 Å². The van der Waals surface area contributed by atoms with Crippen molar-refractivity contribution in [3.05, 3.63) is 71.8 Å². The zero-order chi connectivity index (χ0) is 37.7. The van der Waals surface area contributed by atoms with Crippen LogP contribution in [0.15, 0.2) is 60.7 Å². The van der Waals surface area contributed by atoms with Gasteiger partial charge in [-0.15, -0.1) is 0 Å². The Morgan fingerprint density at radius 1 is 0.558 bits per heavy atom. The van der Waals surface area contributed by atoms with E-state index >= 15 is 0 Å². The number of sulfone groups is 2. The van der Waals surface area contributed by atoms with Gasteiger partial charge in [0.1, 0.15) is 32.9 Å². The van der Waals surface area contributed by atoms with Gasteiger partial charge in [0.15, 0.2) is 0 Å². The Balaban J connectivity index is 0.000000201. The summed E-state index contributed by atoms with van der Waals surface area (Å²) in [5.41, 5.74) is 13.0. The minimum Gasteiger partial charge on any atom is -0.445 e. The lowest BCUT2D eigenvalue weighted by Gasteiger charge is -2.22. The summed E-state index contributed by atoms with van der Waals surface area (Å²) in [6.45, 7) is 0.561. The molecule has 16 heteroatoms. The van der Waals surface area contributed by atoms with E-state index < -0.39 is 25.8 Å². The molecule has 52 heavy (non-hydrogen) atoms. The lowest BCUT2D eigenvalue weighted by Crippen LogP contribution is -2.41. The predicted molar refractivity (Wildman–Crippen MR) is 212 cm³/mol. The molecule has 0 spiro atoms. The first kappa shape index (κ1) is 43.9. The van der Waals surface area contributed by atoms with Crippen LogP contribution in [0.5, 0.6) is 0 Å². The van der Waals surface area contributed by atoms with Gasteiger partial charge >= 0.3 is 12.2 Å². The van der Waals surface area contributed by atoms with Crippen LogP contribution in [-0.2, 0) is 42.4 Å². The summed E-state index contributed by atoms with van der Waals surface area (Å²) in [6, 6.07) is 19.9. The normalized spacial score (nSPS) is 20.5. The summed E-state index contributed by atoms with van der Waals surface area (Å²) < 4.78 is 54.2. The summed E-state index contributed by atoms with van der Waals surface area (Å²) in [7, 11) is -5.59. The fraction of sp³-hybridized carbons (Fsp3) is 0.611. The third kappa shape index (κ3) is 20.1. The Bertz CT molecular complexity index is 1500. The van der Waals surface area contributed by atoms with Crippen molar-refractivity contribution in [1.29, 1.82) is 0 Å². The number of benzene rings is 2. The van der Waals surface area contributed by atoms with Crippen LogP contribution in [0.1, 0.15) is 62.5 Å². The monoisotopic (exact) mass is 800 g/mol. The Kier molecular flexibility index (Phi) is 20.3. The summed E-state index contributed by atoms with van der Waals surface area (Å²) in [6.07, 6.45) is 5.96. The third-order valence-electron chi connectivity index (χ3n) is 8.71. The number of thioether (sulfide) groups is 2. The highest BCUT2D eigenvalue weighted by atomic mass is 32.2. The molecule has 2 aromatic rings. The Hall–Kier alpha value is -2.50. The smallest absolute Gasteiger partial charge is 0.407 e. The molecule has 4 heterocycles. The molecule has 0 aliphatic carbocycles. The van der Waals surface area contributed by atoms with Crippen molar-refractivity contribution in [3.8, 4) is 0 Å². The molecular formula is C36H56N4O8S4. The van der Waals surface area contributed by atoms with E-state index in [4.69, 9.17) is 20.9 Å². The Morgan fingerprint density at radius 3 is 1.27 bits per heavy atom. The van der Waals surface area contributed by atoms with Gasteiger partial charge in [-0.2, -0.15) is 23.5 Å². The maximum atomic E-state index is 11.6. The number of amides is 2. The number of carbonyl (C=O) groups excluding carboxylic acids is 2. The van der Waals surface area contributed by atoms with Crippen molar-refractivity contribution < 1.29 is 35.9 Å². The molecule has 0 bridgehead atoms. The van der Waals surface area contributed by atoms with Crippen LogP contribution < -0.4 is 22.1 Å². The molecule has 6 rings (SSSR count). The topological polar surface area (TPSA) is 197 Å². The first-order chi connectivity index (χ1) is 24.9. The van der Waals surface area contributed by atoms with E-state index in [2.05, 4.69) is 10.6 Å². The summed E-state index contributed by atoms with van der Waals surface area (Å²) >= 11 is 3.96. The van der Waals surface area contributed by atoms with Crippen molar-refractivity contribution in [2.75, 3.05) is 46.0 Å². The van der Waals surface area contributed by atoms with Crippen LogP contribution in [0.4, 0.5) is 9.59 Å². The number of ether oxygens (including phenoxy) is 2. The number of alkyl carbamates (subject to hydrolysis) is 2. The molecule has 4 saturated heterocycles. The zero-order valence-electron chi connectivity index (χ0n) is 29.9. The second-order valence-corrected chi connectivity index (χ2v) is 20.2. The SMILES string of the molecule is NC1CCS(=O)(=O)CC1.NC1CCSCC1.O=C(NC1CCS(=O)(=O)CC1)OCc1ccccc1.O=C(NC1CCSCC1)OCc1ccccc1. The van der Waals surface area contributed by atoms with E-state index in [0.717, 1.165) is 35.5 Å². The standard InChI is InChI=1S/C13H17NO4S.C13H17NO2S.C5H11NO2S.C5H11NS/c15-13(18-10-11-4-2-1-3-5-11)14-12-6-8-19(16,17)9-7-12;15-13(14-12-6-8-17-9-7-12)16-10-11-4-2-1-3-5-11;6-5-1-3-9(7,8)4-2-5;6-5-1-3-7-4-2-5/h1-5,12H,6-10H2,(H,14,15);1-5,12H,6-10H2,(H,14,15);5H,1-4,6H2;5H,1-4,6H2. The van der Waals surface area contributed by atoms with E-state index in [0.29, 0.717) is 44.4 Å². The third-order valence-corrected chi connectivity index (χ3v) is 14.2. The van der Waals surface area contributed by atoms with Crippen molar-refractivity contribution in [1.82, 2.24) is 10.6 Å². The fourth-order valence-electron chi connectivity index (χ4n) is 5.36. The van der Waals surface area contributed by atoms with Crippen LogP contribution in [0.2, 0.25) is 0 Å². The number of hydrogen-bond acceptors (Lipinski definition) is 12. The lowest BCUT2D eigenvalue weighted by molar-refractivity contribution is 0.134. The number of nitrogens with two attached hydrogens (primary N) is 2. The average molecular weight is 801 g/mol. The minimum absolute atomic E-state index is 0.105. The van der Waals surface area contributed by atoms with E-state index in [1.807, 2.05) is 84.2 Å². The number of carbonyl (C=O) groups is 2. The van der Waals surface area contributed by atoms with Crippen molar-refractivity contribution in [2.45, 2.75) is 88.7 Å². The van der Waals surface area contributed by atoms with Gasteiger partial charge < -0.3 is 31.6 Å². The van der Waals surface area contributed by atoms with E-state index in [-0.39, 0.29) is 47.8 Å². The molecule has 2 aromatic carbocycles. The summed E-state index contributed by atoms with van der Waals surface area (Å²) in [4.78, 5) is 23.1. The largest absolute Gasteiger partial charge is 0.445 e. The maximum Gasteiger partial charge on any atom is 0.407 e. The second kappa shape index (κ2) is 24.0. The molecule has 0 atom stereocenters. The first-order valence-corrected chi connectivity index (χ1v) is 23.9. The molecule has 0 aromatic heterocycles. The first-order valence-electron chi connectivity index (χ1n) is 17.9. The molecular weight excluding hydrogens is 745 g/mol. The maximum absolute atomic E-state index is 11.6. The van der Waals surface area contributed by atoms with Crippen molar-refractivity contribution >= 4 is 55.4 Å². The van der Waals surface area contributed by atoms with Crippen LogP contribution in [0.25, 0.3) is 0 Å². The highest BCUT2D eigenvalue weighted by Gasteiger charge is 2.25. The van der Waals surface area contributed by atoms with E-state index in [1.165, 1.54) is 24.3 Å². The van der Waals surface area contributed by atoms with Gasteiger partial charge in [0, 0.05) is 24.2 Å². The second-order valence-electron chi connectivity index (χ2n) is 13.2. The molecule has 0 radical (unpaired) electrons. The quantitative estimate of drug-likeness (QED) is 0.316. The number of rotatable bonds is 6. The molecule has 4 fully saturated rings. The number of hydrogen-bond donors (Lipinski definition) is 4. The van der Waals surface area contributed by atoms with Gasteiger partial charge in [-0.25, -0.2) is 26.4 Å². The van der Waals surface area contributed by atoms with E-state index in [9.17, 15) is 26.4 Å². The van der Waals surface area contributed by atoms with Crippen LogP contribution >= 0.6 is 23.5 Å². The fourth-order valence-corrected chi connectivity index (χ4v) is 10.6. The highest BCUT2D eigenvalue weighted by molar-refractivity contribution is 7.99. The van der Waals surface area contributed by atoms with Crippen LogP contribution in [0.3, 0.4) is 0 Å². The van der Waals surface area contributed by atoms with Gasteiger partial charge in [0.05, 0.1) is 23.0 Å². The Labute approximate surface area is 318 Å². The minimum atomic E-state index is -2.90. The van der Waals surface area contributed by atoms with Crippen LogP contribution in [-0.4, -0.2) is 99.2 Å². The molecule has 0 saturated carbocycles. The summed E-state index contributed by atoms with van der Waals surface area (Å²) in [5, 5.41) is 5.62. The van der Waals surface area contributed by atoms with Crippen molar-refractivity contribution in [3.63, 3.8) is 0 Å². The molecule has 4 aliphatic heterocycles. The molecule has 4 aliphatic rings. The molecule has 6 N–H and O–H groups in total. The molecule has 0 unspecified atom stereocenters. The van der Waals surface area contributed by atoms with Gasteiger partial charge in [0.25, 0.3) is 0 Å². The van der Waals surface area contributed by atoms with Crippen molar-refractivity contribution in [2.24, 2.45) is 11.5 Å². The molecule has 292 valence electrons. The van der Waals surface area contributed by atoms with Gasteiger partial charge in [0.2, 0.25) is 0 Å². The van der Waals surface area contributed by atoms with Gasteiger partial charge in [-0.05, 0) is 85.5 Å². The lowest BCUT2D eigenvalue weighted by atomic mass is 10.2. The van der Waals surface area contributed by atoms with Gasteiger partial charge in [-0.1, -0.05) is 60.7 Å². The predicted octanol–water partition coefficient (Wildman–Crippen LogP) is 4.66. The number of nitrogens with one attached hydrogen (secondary N) is 2. The zero-order valence-corrected chi connectivity index (χ0v) is 33.1. The van der Waals surface area contributed by atoms with Crippen LogP contribution in [0, 0.1) is 0 Å². The van der Waals surface area contributed by atoms with Gasteiger partial charge in [-0.3, -0.25) is 0 Å². The molecule has 2 amide bonds. The highest BCUT2D eigenvalue weighted by Crippen LogP contribution is 2.17.